The zero-order valence-corrected chi connectivity index (χ0v) is 15.5. The summed E-state index contributed by atoms with van der Waals surface area (Å²) < 4.78 is 16.1. The van der Waals surface area contributed by atoms with Crippen LogP contribution in [-0.4, -0.2) is 24.6 Å². The molecule has 0 aliphatic carbocycles. The number of carbonyl (C=O) groups is 2. The number of rotatable bonds is 9. The lowest BCUT2D eigenvalue weighted by atomic mass is 10.1. The third kappa shape index (κ3) is 6.50. The van der Waals surface area contributed by atoms with E-state index in [1.165, 1.54) is 0 Å². The van der Waals surface area contributed by atoms with E-state index in [0.29, 0.717) is 24.5 Å². The van der Waals surface area contributed by atoms with Crippen LogP contribution in [0, 0.1) is 11.8 Å². The van der Waals surface area contributed by atoms with Crippen LogP contribution < -0.4 is 4.74 Å². The zero-order valence-electron chi connectivity index (χ0n) is 15.5. The molecular weight excluding hydrogens is 320 g/mol. The highest BCUT2D eigenvalue weighted by Crippen LogP contribution is 2.39. The van der Waals surface area contributed by atoms with Crippen LogP contribution in [0.1, 0.15) is 58.6 Å². The molecule has 0 saturated carbocycles. The Morgan fingerprint density at radius 1 is 1.08 bits per heavy atom. The van der Waals surface area contributed by atoms with Crippen LogP contribution in [0.3, 0.4) is 0 Å². The molecule has 3 atom stereocenters. The van der Waals surface area contributed by atoms with Gasteiger partial charge in [-0.05, 0) is 29.5 Å². The van der Waals surface area contributed by atoms with Crippen molar-refractivity contribution in [1.82, 2.24) is 0 Å². The van der Waals surface area contributed by atoms with Crippen molar-refractivity contribution in [3.8, 4) is 5.75 Å². The first kappa shape index (κ1) is 19.4. The predicted molar refractivity (Wildman–Crippen MR) is 94.2 cm³/mol. The molecule has 0 radical (unpaired) electrons. The van der Waals surface area contributed by atoms with Crippen LogP contribution in [-0.2, 0) is 19.1 Å². The van der Waals surface area contributed by atoms with Gasteiger partial charge in [0.25, 0.3) is 0 Å². The smallest absolute Gasteiger partial charge is 0.311 e. The van der Waals surface area contributed by atoms with E-state index in [-0.39, 0.29) is 36.7 Å². The van der Waals surface area contributed by atoms with Crippen molar-refractivity contribution in [1.29, 1.82) is 0 Å². The third-order valence-electron chi connectivity index (χ3n) is 4.22. The highest BCUT2D eigenvalue weighted by molar-refractivity contribution is 5.72. The van der Waals surface area contributed by atoms with Gasteiger partial charge < -0.3 is 14.2 Å². The van der Waals surface area contributed by atoms with Crippen LogP contribution in [0.15, 0.2) is 24.3 Å². The standard InChI is InChI=1S/C20H28O5/c1-5-14(4)11-18(21)23-12-17-20(25-17)15-6-8-16(9-7-15)24-19(22)10-13(2)3/h6-9,13-14,17,20H,5,10-12H2,1-4H3/t14-,17+,20+/m0/s1. The molecule has 1 fully saturated rings. The molecule has 0 amide bonds. The summed E-state index contributed by atoms with van der Waals surface area (Å²) in [7, 11) is 0. The molecule has 5 nitrogen and oxygen atoms in total. The van der Waals surface area contributed by atoms with E-state index in [9.17, 15) is 9.59 Å². The molecule has 1 aliphatic heterocycles. The van der Waals surface area contributed by atoms with E-state index in [1.54, 1.807) is 12.1 Å². The molecule has 0 bridgehead atoms. The highest BCUT2D eigenvalue weighted by atomic mass is 16.6. The first-order valence-corrected chi connectivity index (χ1v) is 9.00. The lowest BCUT2D eigenvalue weighted by Crippen LogP contribution is -2.13. The van der Waals surface area contributed by atoms with Gasteiger partial charge >= 0.3 is 11.9 Å². The van der Waals surface area contributed by atoms with Gasteiger partial charge in [-0.15, -0.1) is 0 Å². The number of carbonyl (C=O) groups excluding carboxylic acids is 2. The molecule has 1 aliphatic rings. The molecule has 5 heteroatoms. The fraction of sp³-hybridized carbons (Fsp3) is 0.600. The Bertz CT molecular complexity index is 578. The van der Waals surface area contributed by atoms with Crippen LogP contribution in [0.2, 0.25) is 0 Å². The molecular formula is C20H28O5. The number of epoxide rings is 1. The van der Waals surface area contributed by atoms with Crippen LogP contribution >= 0.6 is 0 Å². The summed E-state index contributed by atoms with van der Waals surface area (Å²) in [5, 5.41) is 0. The summed E-state index contributed by atoms with van der Waals surface area (Å²) in [6.07, 6.45) is 1.67. The minimum absolute atomic E-state index is 0.0585. The fourth-order valence-corrected chi connectivity index (χ4v) is 2.46. The topological polar surface area (TPSA) is 65.1 Å². The summed E-state index contributed by atoms with van der Waals surface area (Å²) >= 11 is 0. The van der Waals surface area contributed by atoms with Crippen LogP contribution in [0.5, 0.6) is 5.75 Å². The van der Waals surface area contributed by atoms with Crippen molar-refractivity contribution in [2.75, 3.05) is 6.61 Å². The monoisotopic (exact) mass is 348 g/mol. The summed E-state index contributed by atoms with van der Waals surface area (Å²) in [6, 6.07) is 7.29. The molecule has 1 aromatic carbocycles. The molecule has 25 heavy (non-hydrogen) atoms. The average Bonchev–Trinajstić information content (AvgIpc) is 3.32. The minimum atomic E-state index is -0.225. The van der Waals surface area contributed by atoms with E-state index in [0.717, 1.165) is 12.0 Å². The Balaban J connectivity index is 1.75. The maximum Gasteiger partial charge on any atom is 0.311 e. The number of esters is 2. The third-order valence-corrected chi connectivity index (χ3v) is 4.22. The number of hydrogen-bond donors (Lipinski definition) is 0. The predicted octanol–water partition coefficient (Wildman–Crippen LogP) is 4.06. The Labute approximate surface area is 149 Å². The minimum Gasteiger partial charge on any atom is -0.463 e. The van der Waals surface area contributed by atoms with Crippen molar-refractivity contribution in [3.05, 3.63) is 29.8 Å². The Hall–Kier alpha value is -1.88. The Morgan fingerprint density at radius 3 is 2.36 bits per heavy atom. The van der Waals surface area contributed by atoms with Gasteiger partial charge in [-0.3, -0.25) is 9.59 Å². The van der Waals surface area contributed by atoms with Crippen LogP contribution in [0.4, 0.5) is 0 Å². The lowest BCUT2D eigenvalue weighted by Gasteiger charge is -2.07. The Kier molecular flexibility index (Phi) is 7.00. The first-order valence-electron chi connectivity index (χ1n) is 9.00. The van der Waals surface area contributed by atoms with E-state index in [1.807, 2.05) is 32.9 Å². The second kappa shape index (κ2) is 8.99. The van der Waals surface area contributed by atoms with Gasteiger partial charge in [0.15, 0.2) is 0 Å². The molecule has 0 N–H and O–H groups in total. The number of benzene rings is 1. The van der Waals surface area contributed by atoms with Gasteiger partial charge in [0.1, 0.15) is 24.6 Å². The second-order valence-electron chi connectivity index (χ2n) is 7.14. The molecule has 138 valence electrons. The zero-order chi connectivity index (χ0) is 18.4. The molecule has 2 rings (SSSR count). The van der Waals surface area contributed by atoms with Gasteiger partial charge in [-0.1, -0.05) is 46.2 Å². The normalized spacial score (nSPS) is 20.2. The quantitative estimate of drug-likeness (QED) is 0.382. The fourth-order valence-electron chi connectivity index (χ4n) is 2.46. The van der Waals surface area contributed by atoms with Gasteiger partial charge in [-0.25, -0.2) is 0 Å². The summed E-state index contributed by atoms with van der Waals surface area (Å²) in [4.78, 5) is 23.3. The Morgan fingerprint density at radius 2 is 1.76 bits per heavy atom. The molecule has 1 heterocycles. The second-order valence-corrected chi connectivity index (χ2v) is 7.14. The number of hydrogen-bond acceptors (Lipinski definition) is 5. The van der Waals surface area contributed by atoms with E-state index >= 15 is 0 Å². The van der Waals surface area contributed by atoms with Crippen molar-refractivity contribution in [2.45, 2.75) is 59.2 Å². The van der Waals surface area contributed by atoms with Crippen molar-refractivity contribution in [3.63, 3.8) is 0 Å². The molecule has 1 saturated heterocycles. The van der Waals surface area contributed by atoms with Gasteiger partial charge in [-0.2, -0.15) is 0 Å². The molecule has 1 aromatic rings. The van der Waals surface area contributed by atoms with Gasteiger partial charge in [0.2, 0.25) is 0 Å². The molecule has 0 aromatic heterocycles. The number of ether oxygens (including phenoxy) is 3. The maximum absolute atomic E-state index is 11.7. The highest BCUT2D eigenvalue weighted by Gasteiger charge is 2.41. The van der Waals surface area contributed by atoms with Crippen LogP contribution in [0.25, 0.3) is 0 Å². The molecule has 0 unspecified atom stereocenters. The SMILES string of the molecule is CC[C@H](C)CC(=O)OC[C@H]1O[C@@H]1c1ccc(OC(=O)CC(C)C)cc1. The van der Waals surface area contributed by atoms with E-state index in [4.69, 9.17) is 14.2 Å². The summed E-state index contributed by atoms with van der Waals surface area (Å²) in [5.74, 6) is 0.754. The first-order chi connectivity index (χ1) is 11.9. The van der Waals surface area contributed by atoms with Crippen molar-refractivity contribution >= 4 is 11.9 Å². The average molecular weight is 348 g/mol. The van der Waals surface area contributed by atoms with Crippen molar-refractivity contribution < 1.29 is 23.8 Å². The lowest BCUT2D eigenvalue weighted by molar-refractivity contribution is -0.145. The maximum atomic E-state index is 11.7. The van der Waals surface area contributed by atoms with E-state index < -0.39 is 0 Å². The van der Waals surface area contributed by atoms with Gasteiger partial charge in [0.05, 0.1) is 0 Å². The van der Waals surface area contributed by atoms with E-state index in [2.05, 4.69) is 6.92 Å². The van der Waals surface area contributed by atoms with Crippen molar-refractivity contribution in [2.24, 2.45) is 11.8 Å². The van der Waals surface area contributed by atoms with Gasteiger partial charge in [0, 0.05) is 12.8 Å². The summed E-state index contributed by atoms with van der Waals surface area (Å²) in [5.41, 5.74) is 0.992. The summed E-state index contributed by atoms with van der Waals surface area (Å²) in [6.45, 7) is 8.33. The largest absolute Gasteiger partial charge is 0.463 e. The molecule has 0 spiro atoms.